The molecule has 21 heavy (non-hydrogen) atoms. The van der Waals surface area contributed by atoms with Gasteiger partial charge in [0.25, 0.3) is 5.91 Å². The minimum atomic E-state index is -0.598. The van der Waals surface area contributed by atoms with Crippen LogP contribution in [0.3, 0.4) is 0 Å². The Bertz CT molecular complexity index is 570. The molecule has 2 amide bonds. The Morgan fingerprint density at radius 1 is 1.24 bits per heavy atom. The van der Waals surface area contributed by atoms with Gasteiger partial charge < -0.3 is 16.4 Å². The molecule has 1 aromatic carbocycles. The minimum Gasteiger partial charge on any atom is -0.352 e. The van der Waals surface area contributed by atoms with Gasteiger partial charge in [0.05, 0.1) is 6.54 Å². The first-order chi connectivity index (χ1) is 9.93. The van der Waals surface area contributed by atoms with Gasteiger partial charge in [-0.25, -0.2) is 0 Å². The van der Waals surface area contributed by atoms with Crippen molar-refractivity contribution in [1.29, 1.82) is 0 Å². The van der Waals surface area contributed by atoms with Crippen LogP contribution in [-0.2, 0) is 4.79 Å². The van der Waals surface area contributed by atoms with E-state index in [1.807, 2.05) is 13.8 Å². The van der Waals surface area contributed by atoms with E-state index in [1.165, 1.54) is 0 Å². The van der Waals surface area contributed by atoms with Gasteiger partial charge >= 0.3 is 0 Å². The van der Waals surface area contributed by atoms with Crippen molar-refractivity contribution >= 4 is 11.8 Å². The molecule has 0 fully saturated rings. The number of nitrogens with two attached hydrogens (primary N) is 1. The van der Waals surface area contributed by atoms with E-state index in [4.69, 9.17) is 5.73 Å². The number of hydrogen-bond acceptors (Lipinski definition) is 3. The average molecular weight is 287 g/mol. The molecule has 1 rings (SSSR count). The van der Waals surface area contributed by atoms with E-state index in [0.29, 0.717) is 11.1 Å². The van der Waals surface area contributed by atoms with E-state index < -0.39 is 6.04 Å². The average Bonchev–Trinajstić information content (AvgIpc) is 2.44. The van der Waals surface area contributed by atoms with Crippen LogP contribution >= 0.6 is 0 Å². The summed E-state index contributed by atoms with van der Waals surface area (Å²) < 4.78 is 0. The third kappa shape index (κ3) is 5.67. The maximum Gasteiger partial charge on any atom is 0.251 e. The number of carbonyl (C=O) groups is 2. The normalized spacial score (nSPS) is 11.3. The molecular weight excluding hydrogens is 266 g/mol. The van der Waals surface area contributed by atoms with Crippen molar-refractivity contribution in [3.05, 3.63) is 35.4 Å². The summed E-state index contributed by atoms with van der Waals surface area (Å²) in [5.74, 6) is 5.08. The van der Waals surface area contributed by atoms with Crippen LogP contribution in [-0.4, -0.2) is 30.4 Å². The molecule has 0 aromatic heterocycles. The van der Waals surface area contributed by atoms with Gasteiger partial charge in [0.15, 0.2) is 0 Å². The van der Waals surface area contributed by atoms with Crippen LogP contribution in [0.2, 0.25) is 0 Å². The van der Waals surface area contributed by atoms with Crippen LogP contribution < -0.4 is 16.4 Å². The van der Waals surface area contributed by atoms with Crippen LogP contribution in [0.5, 0.6) is 0 Å². The molecule has 0 aliphatic rings. The van der Waals surface area contributed by atoms with Gasteiger partial charge in [-0.2, -0.15) is 0 Å². The predicted octanol–water partition coefficient (Wildman–Crippen LogP) is 0.640. The van der Waals surface area contributed by atoms with Gasteiger partial charge in [-0.3, -0.25) is 9.59 Å². The molecule has 1 atom stereocenters. The van der Waals surface area contributed by atoms with E-state index in [1.54, 1.807) is 31.2 Å². The molecule has 4 N–H and O–H groups in total. The highest BCUT2D eigenvalue weighted by Gasteiger charge is 2.17. The second-order valence-electron chi connectivity index (χ2n) is 4.95. The van der Waals surface area contributed by atoms with Crippen molar-refractivity contribution in [2.45, 2.75) is 32.9 Å². The third-order valence-corrected chi connectivity index (χ3v) is 2.63. The quantitative estimate of drug-likeness (QED) is 0.711. The first kappa shape index (κ1) is 16.7. The summed E-state index contributed by atoms with van der Waals surface area (Å²) in [6.45, 7) is 5.65. The molecule has 112 valence electrons. The molecule has 0 heterocycles. The molecule has 0 bridgehead atoms. The maximum absolute atomic E-state index is 12.1. The molecular formula is C16H21N3O2. The molecule has 1 unspecified atom stereocenters. The largest absolute Gasteiger partial charge is 0.352 e. The first-order valence-electron chi connectivity index (χ1n) is 6.84. The van der Waals surface area contributed by atoms with Gasteiger partial charge in [0.2, 0.25) is 5.91 Å². The standard InChI is InChI=1S/C16H21N3O2/c1-11(2)18-15(20)12(3)19-16(21)14-8-4-6-13(10-14)7-5-9-17/h4,6,8,10-12H,9,17H2,1-3H3,(H,18,20)(H,19,21). The van der Waals surface area contributed by atoms with Crippen molar-refractivity contribution in [3.8, 4) is 11.8 Å². The Balaban J connectivity index is 2.73. The smallest absolute Gasteiger partial charge is 0.251 e. The summed E-state index contributed by atoms with van der Waals surface area (Å²) >= 11 is 0. The fourth-order valence-corrected chi connectivity index (χ4v) is 1.65. The highest BCUT2D eigenvalue weighted by atomic mass is 16.2. The van der Waals surface area contributed by atoms with Crippen molar-refractivity contribution in [2.75, 3.05) is 6.54 Å². The van der Waals surface area contributed by atoms with Gasteiger partial charge in [0.1, 0.15) is 6.04 Å². The second kappa shape index (κ2) is 8.08. The Morgan fingerprint density at radius 3 is 2.57 bits per heavy atom. The zero-order valence-corrected chi connectivity index (χ0v) is 12.6. The topological polar surface area (TPSA) is 84.2 Å². The highest BCUT2D eigenvalue weighted by molar-refractivity contribution is 5.97. The van der Waals surface area contributed by atoms with Crippen LogP contribution in [0, 0.1) is 11.8 Å². The van der Waals surface area contributed by atoms with Crippen molar-refractivity contribution in [3.63, 3.8) is 0 Å². The maximum atomic E-state index is 12.1. The summed E-state index contributed by atoms with van der Waals surface area (Å²) in [6, 6.07) is 6.33. The van der Waals surface area contributed by atoms with Crippen molar-refractivity contribution in [2.24, 2.45) is 5.73 Å². The molecule has 0 radical (unpaired) electrons. The zero-order valence-electron chi connectivity index (χ0n) is 12.6. The number of rotatable bonds is 4. The fourth-order valence-electron chi connectivity index (χ4n) is 1.65. The summed E-state index contributed by atoms with van der Waals surface area (Å²) in [5.41, 5.74) is 6.49. The van der Waals surface area contributed by atoms with Crippen LogP contribution in [0.25, 0.3) is 0 Å². The van der Waals surface area contributed by atoms with Gasteiger partial charge in [-0.05, 0) is 39.0 Å². The number of carbonyl (C=O) groups excluding carboxylic acids is 2. The molecule has 0 aliphatic carbocycles. The number of hydrogen-bond donors (Lipinski definition) is 3. The van der Waals surface area contributed by atoms with E-state index in [-0.39, 0.29) is 24.4 Å². The predicted molar refractivity (Wildman–Crippen MR) is 82.6 cm³/mol. The Kier molecular flexibility index (Phi) is 6.44. The Hall–Kier alpha value is -2.32. The third-order valence-electron chi connectivity index (χ3n) is 2.63. The Morgan fingerprint density at radius 2 is 1.95 bits per heavy atom. The van der Waals surface area contributed by atoms with Crippen LogP contribution in [0.1, 0.15) is 36.7 Å². The number of nitrogens with one attached hydrogen (secondary N) is 2. The lowest BCUT2D eigenvalue weighted by Gasteiger charge is -2.16. The Labute approximate surface area is 125 Å². The van der Waals surface area contributed by atoms with E-state index in [2.05, 4.69) is 22.5 Å². The lowest BCUT2D eigenvalue weighted by Crippen LogP contribution is -2.46. The summed E-state index contributed by atoms with van der Waals surface area (Å²) in [4.78, 5) is 23.9. The lowest BCUT2D eigenvalue weighted by atomic mass is 10.1. The molecule has 5 heteroatoms. The summed E-state index contributed by atoms with van der Waals surface area (Å²) in [6.07, 6.45) is 0. The van der Waals surface area contributed by atoms with E-state index in [0.717, 1.165) is 0 Å². The van der Waals surface area contributed by atoms with Gasteiger partial charge in [0, 0.05) is 17.2 Å². The van der Waals surface area contributed by atoms with Crippen LogP contribution in [0.15, 0.2) is 24.3 Å². The summed E-state index contributed by atoms with van der Waals surface area (Å²) in [7, 11) is 0. The van der Waals surface area contributed by atoms with Crippen LogP contribution in [0.4, 0.5) is 0 Å². The molecule has 0 spiro atoms. The van der Waals surface area contributed by atoms with Gasteiger partial charge in [-0.1, -0.05) is 17.9 Å². The van der Waals surface area contributed by atoms with E-state index >= 15 is 0 Å². The summed E-state index contributed by atoms with van der Waals surface area (Å²) in [5, 5.41) is 5.41. The minimum absolute atomic E-state index is 0.0340. The van der Waals surface area contributed by atoms with Crippen molar-refractivity contribution in [1.82, 2.24) is 10.6 Å². The van der Waals surface area contributed by atoms with Gasteiger partial charge in [-0.15, -0.1) is 0 Å². The SMILES string of the molecule is CC(C)NC(=O)C(C)NC(=O)c1cccc(C#CCN)c1. The fraction of sp³-hybridized carbons (Fsp3) is 0.375. The second-order valence-corrected chi connectivity index (χ2v) is 4.95. The highest BCUT2D eigenvalue weighted by Crippen LogP contribution is 2.04. The molecule has 0 aliphatic heterocycles. The monoisotopic (exact) mass is 287 g/mol. The van der Waals surface area contributed by atoms with Crippen molar-refractivity contribution < 1.29 is 9.59 Å². The molecule has 1 aromatic rings. The van der Waals surface area contributed by atoms with E-state index in [9.17, 15) is 9.59 Å². The number of amides is 2. The molecule has 0 saturated carbocycles. The lowest BCUT2D eigenvalue weighted by molar-refractivity contribution is -0.123. The first-order valence-corrected chi connectivity index (χ1v) is 6.84. The zero-order chi connectivity index (χ0) is 15.8. The molecule has 5 nitrogen and oxygen atoms in total. The number of benzene rings is 1. The molecule has 0 saturated heterocycles.